The van der Waals surface area contributed by atoms with Gasteiger partial charge in [0.15, 0.2) is 17.6 Å². The van der Waals surface area contributed by atoms with E-state index in [2.05, 4.69) is 0 Å². The number of nitrogen functional groups attached to an aromatic ring is 1. The number of carbonyl (C=O) groups is 1. The van der Waals surface area contributed by atoms with Gasteiger partial charge in [0.05, 0.1) is 29.0 Å². The first kappa shape index (κ1) is 19.1. The molecule has 0 bridgehead atoms. The third-order valence-electron chi connectivity index (χ3n) is 6.65. The zero-order valence-corrected chi connectivity index (χ0v) is 17.7. The molecule has 168 valence electrons. The van der Waals surface area contributed by atoms with Crippen molar-refractivity contribution >= 4 is 22.6 Å². The Morgan fingerprint density at radius 2 is 1.76 bits per heavy atom. The van der Waals surface area contributed by atoms with E-state index in [-0.39, 0.29) is 36.6 Å². The third-order valence-corrected chi connectivity index (χ3v) is 6.65. The van der Waals surface area contributed by atoms with Gasteiger partial charge in [0, 0.05) is 28.3 Å². The minimum atomic E-state index is -1.50. The van der Waals surface area contributed by atoms with Crippen LogP contribution in [0.1, 0.15) is 22.8 Å². The van der Waals surface area contributed by atoms with Gasteiger partial charge in [-0.05, 0) is 35.4 Å². The van der Waals surface area contributed by atoms with E-state index in [4.69, 9.17) is 24.9 Å². The maximum atomic E-state index is 13.4. The summed E-state index contributed by atoms with van der Waals surface area (Å²) in [7, 11) is 0. The van der Waals surface area contributed by atoms with Crippen molar-refractivity contribution in [1.82, 2.24) is 9.55 Å². The summed E-state index contributed by atoms with van der Waals surface area (Å²) in [5.41, 5.74) is 11.3. The van der Waals surface area contributed by atoms with Crippen LogP contribution in [0.5, 0.6) is 11.5 Å². The Bertz CT molecular complexity index is 1620. The zero-order chi connectivity index (χ0) is 23.1. The van der Waals surface area contributed by atoms with E-state index in [0.29, 0.717) is 34.1 Å². The predicted octanol–water partition coefficient (Wildman–Crippen LogP) is 2.49. The number of nitrogens with zero attached hydrogens (tertiary/aromatic N) is 2. The maximum absolute atomic E-state index is 13.4. The number of hydrogen-bond donors (Lipinski definition) is 2. The summed E-state index contributed by atoms with van der Waals surface area (Å²) in [5, 5.41) is 11.2. The van der Waals surface area contributed by atoms with Crippen LogP contribution in [0, 0.1) is 0 Å². The number of anilines is 1. The minimum absolute atomic E-state index is 0.140. The molecule has 0 spiro atoms. The lowest BCUT2D eigenvalue weighted by atomic mass is 9.93. The highest BCUT2D eigenvalue weighted by Crippen LogP contribution is 2.45. The van der Waals surface area contributed by atoms with Crippen LogP contribution in [-0.4, -0.2) is 27.4 Å². The third kappa shape index (κ3) is 2.49. The molecule has 3 N–H and O–H groups in total. The summed E-state index contributed by atoms with van der Waals surface area (Å²) in [5.74, 6) is 0.465. The number of nitrogens with two attached hydrogens (primary N) is 1. The van der Waals surface area contributed by atoms with Crippen LogP contribution in [0.4, 0.5) is 5.69 Å². The molecular weight excluding hydrogens is 438 g/mol. The number of aromatic nitrogens is 2. The number of benzene rings is 2. The van der Waals surface area contributed by atoms with Crippen LogP contribution >= 0.6 is 0 Å². The average Bonchev–Trinajstić information content (AvgIpc) is 3.44. The number of esters is 1. The van der Waals surface area contributed by atoms with E-state index >= 15 is 0 Å². The van der Waals surface area contributed by atoms with Gasteiger partial charge in [-0.3, -0.25) is 4.79 Å². The summed E-state index contributed by atoms with van der Waals surface area (Å²) in [6.07, 6.45) is -1.50. The van der Waals surface area contributed by atoms with Gasteiger partial charge in [-0.2, -0.15) is 0 Å². The van der Waals surface area contributed by atoms with Crippen LogP contribution in [0.2, 0.25) is 0 Å². The normalized spacial score (nSPS) is 17.3. The highest BCUT2D eigenvalue weighted by molar-refractivity contribution is 6.01. The minimum Gasteiger partial charge on any atom is -0.458 e. The zero-order valence-electron chi connectivity index (χ0n) is 17.7. The molecule has 2 aromatic heterocycles. The second-order valence-electron chi connectivity index (χ2n) is 8.52. The first-order valence-corrected chi connectivity index (χ1v) is 10.7. The van der Waals surface area contributed by atoms with E-state index in [0.717, 1.165) is 22.1 Å². The Kier molecular flexibility index (Phi) is 3.70. The molecule has 0 saturated heterocycles. The fourth-order valence-electron chi connectivity index (χ4n) is 5.00. The fourth-order valence-corrected chi connectivity index (χ4v) is 5.00. The maximum Gasteiger partial charge on any atom is 0.340 e. The van der Waals surface area contributed by atoms with Crippen molar-refractivity contribution < 1.29 is 24.1 Å². The Balaban J connectivity index is 1.55. The van der Waals surface area contributed by atoms with Gasteiger partial charge < -0.3 is 29.6 Å². The quantitative estimate of drug-likeness (QED) is 0.292. The molecule has 7 rings (SSSR count). The molecule has 0 saturated carbocycles. The van der Waals surface area contributed by atoms with Crippen molar-refractivity contribution in [3.05, 3.63) is 69.5 Å². The Morgan fingerprint density at radius 3 is 2.56 bits per heavy atom. The summed E-state index contributed by atoms with van der Waals surface area (Å²) in [6.45, 7) is 0.265. The lowest BCUT2D eigenvalue weighted by molar-refractivity contribution is -0.157. The summed E-state index contributed by atoms with van der Waals surface area (Å²) >= 11 is 0. The monoisotopic (exact) mass is 455 g/mol. The first-order chi connectivity index (χ1) is 16.5. The lowest BCUT2D eigenvalue weighted by Gasteiger charge is -2.21. The molecule has 9 heteroatoms. The number of hydrogen-bond acceptors (Lipinski definition) is 8. The molecule has 0 aliphatic carbocycles. The van der Waals surface area contributed by atoms with Crippen LogP contribution in [0.3, 0.4) is 0 Å². The van der Waals surface area contributed by atoms with E-state index in [1.807, 2.05) is 36.4 Å². The van der Waals surface area contributed by atoms with Crippen LogP contribution in [-0.2, 0) is 22.7 Å². The molecule has 3 aliphatic heterocycles. The number of aliphatic hydroxyl groups excluding tert-OH is 1. The molecule has 0 fully saturated rings. The van der Waals surface area contributed by atoms with Crippen LogP contribution < -0.4 is 20.8 Å². The van der Waals surface area contributed by atoms with Gasteiger partial charge in [-0.15, -0.1) is 0 Å². The van der Waals surface area contributed by atoms with E-state index < -0.39 is 12.1 Å². The van der Waals surface area contributed by atoms with Gasteiger partial charge in [0.1, 0.15) is 6.61 Å². The molecule has 0 radical (unpaired) electrons. The van der Waals surface area contributed by atoms with Crippen molar-refractivity contribution in [2.45, 2.75) is 19.3 Å². The molecule has 0 unspecified atom stereocenters. The van der Waals surface area contributed by atoms with Crippen molar-refractivity contribution in [3.63, 3.8) is 0 Å². The van der Waals surface area contributed by atoms with Gasteiger partial charge in [-0.1, -0.05) is 12.1 Å². The number of carbonyl (C=O) groups excluding carboxylic acids is 1. The molecular formula is C25H17N3O6. The second-order valence-corrected chi connectivity index (χ2v) is 8.52. The van der Waals surface area contributed by atoms with Gasteiger partial charge in [0.2, 0.25) is 6.79 Å². The SMILES string of the molecule is Nc1ccc(-c2c3c(nc4cc5c(cc24)OCO5)-c2cc4c(c(=O)n2C3)COC(=O)[C@H]4O)cc1. The Hall–Kier alpha value is -4.37. The number of pyridine rings is 2. The van der Waals surface area contributed by atoms with Crippen LogP contribution in [0.15, 0.2) is 47.3 Å². The Morgan fingerprint density at radius 1 is 1.00 bits per heavy atom. The predicted molar refractivity (Wildman–Crippen MR) is 121 cm³/mol. The molecule has 3 aliphatic rings. The molecule has 1 atom stereocenters. The fraction of sp³-hybridized carbons (Fsp3) is 0.160. The molecule has 5 heterocycles. The van der Waals surface area contributed by atoms with Crippen molar-refractivity contribution in [2.24, 2.45) is 0 Å². The molecule has 34 heavy (non-hydrogen) atoms. The number of cyclic esters (lactones) is 1. The topological polar surface area (TPSA) is 126 Å². The number of ether oxygens (including phenoxy) is 3. The smallest absolute Gasteiger partial charge is 0.340 e. The van der Waals surface area contributed by atoms with Crippen molar-refractivity contribution in [2.75, 3.05) is 12.5 Å². The highest BCUT2D eigenvalue weighted by atomic mass is 16.7. The summed E-state index contributed by atoms with van der Waals surface area (Å²) in [4.78, 5) is 30.2. The lowest BCUT2D eigenvalue weighted by Crippen LogP contribution is -2.32. The number of aliphatic hydroxyl groups is 1. The average molecular weight is 455 g/mol. The van der Waals surface area contributed by atoms with E-state index in [1.165, 1.54) is 0 Å². The van der Waals surface area contributed by atoms with Gasteiger partial charge in [-0.25, -0.2) is 9.78 Å². The molecule has 2 aromatic carbocycles. The largest absolute Gasteiger partial charge is 0.458 e. The standard InChI is InChI=1S/C25H17N3O6/c26-12-3-1-11(2-4-12)21-14-6-19-20(34-10-33-19)7-17(14)27-22-15(21)8-28-18(22)5-13-16(24(28)30)9-32-25(31)23(13)29/h1-7,23,29H,8-10,26H2/t23-/m0/s1. The van der Waals surface area contributed by atoms with Crippen molar-refractivity contribution in [1.29, 1.82) is 0 Å². The Labute approximate surface area is 191 Å². The molecule has 9 nitrogen and oxygen atoms in total. The molecule has 0 amide bonds. The summed E-state index contributed by atoms with van der Waals surface area (Å²) < 4.78 is 17.8. The second kappa shape index (κ2) is 6.58. The molecule has 4 aromatic rings. The first-order valence-electron chi connectivity index (χ1n) is 10.7. The van der Waals surface area contributed by atoms with Gasteiger partial charge >= 0.3 is 5.97 Å². The van der Waals surface area contributed by atoms with E-state index in [9.17, 15) is 14.7 Å². The number of rotatable bonds is 1. The highest BCUT2D eigenvalue weighted by Gasteiger charge is 2.35. The van der Waals surface area contributed by atoms with E-state index in [1.54, 1.807) is 10.6 Å². The number of fused-ring (bicyclic) bond motifs is 6. The van der Waals surface area contributed by atoms with Crippen molar-refractivity contribution in [3.8, 4) is 34.0 Å². The summed E-state index contributed by atoms with van der Waals surface area (Å²) in [6, 6.07) is 12.9. The van der Waals surface area contributed by atoms with Crippen LogP contribution in [0.25, 0.3) is 33.4 Å². The van der Waals surface area contributed by atoms with Gasteiger partial charge in [0.25, 0.3) is 5.56 Å².